The smallest absolute Gasteiger partial charge is 0.284 e. The Kier molecular flexibility index (Phi) is 4.88. The zero-order chi connectivity index (χ0) is 20.5. The van der Waals surface area contributed by atoms with Gasteiger partial charge in [0, 0.05) is 10.6 Å². The van der Waals surface area contributed by atoms with Crippen molar-refractivity contribution in [1.29, 1.82) is 0 Å². The average molecular weight is 418 g/mol. The second kappa shape index (κ2) is 7.84. The van der Waals surface area contributed by atoms with E-state index in [-0.39, 0.29) is 11.4 Å². The van der Waals surface area contributed by atoms with Gasteiger partial charge in [0.15, 0.2) is 0 Å². The van der Waals surface area contributed by atoms with Crippen LogP contribution in [-0.2, 0) is 12.8 Å². The van der Waals surface area contributed by atoms with E-state index in [9.17, 15) is 9.18 Å². The number of benzene rings is 2. The van der Waals surface area contributed by atoms with Crippen LogP contribution in [0.4, 0.5) is 16.0 Å². The molecule has 7 heteroatoms. The van der Waals surface area contributed by atoms with Crippen molar-refractivity contribution in [3.8, 4) is 0 Å². The molecule has 30 heavy (non-hydrogen) atoms. The number of thiophene rings is 1. The van der Waals surface area contributed by atoms with Crippen LogP contribution in [0.2, 0.25) is 0 Å². The van der Waals surface area contributed by atoms with E-state index in [0.29, 0.717) is 16.9 Å². The van der Waals surface area contributed by atoms with Crippen LogP contribution in [0.15, 0.2) is 64.5 Å². The van der Waals surface area contributed by atoms with E-state index < -0.39 is 0 Å². The highest BCUT2D eigenvalue weighted by Crippen LogP contribution is 2.34. The molecule has 150 valence electrons. The van der Waals surface area contributed by atoms with Gasteiger partial charge in [0.2, 0.25) is 5.95 Å². The molecule has 0 amide bonds. The predicted molar refractivity (Wildman–Crippen MR) is 120 cm³/mol. The standard InChI is InChI=1S/C23H19FN4OS/c24-16-12-10-15(11-13-16)14-25-28-22(29)20-18-8-4-5-9-19(18)30-21(20)27-23(28)26-17-6-2-1-3-7-17/h1-3,6-7,10-14H,4-5,8-9H2,(H,26,27)/b25-14+. The number of nitrogens with zero attached hydrogens (tertiary/aromatic N) is 3. The highest BCUT2D eigenvalue weighted by molar-refractivity contribution is 7.18. The van der Waals surface area contributed by atoms with Gasteiger partial charge in [-0.1, -0.05) is 30.3 Å². The number of nitrogens with one attached hydrogen (secondary N) is 1. The Bertz CT molecular complexity index is 1290. The van der Waals surface area contributed by atoms with Crippen molar-refractivity contribution in [2.45, 2.75) is 25.7 Å². The minimum atomic E-state index is -0.316. The minimum absolute atomic E-state index is 0.184. The molecule has 1 aliphatic carbocycles. The van der Waals surface area contributed by atoms with Gasteiger partial charge in [-0.15, -0.1) is 11.3 Å². The van der Waals surface area contributed by atoms with Crippen LogP contribution in [0.25, 0.3) is 10.2 Å². The van der Waals surface area contributed by atoms with Crippen LogP contribution in [0.3, 0.4) is 0 Å². The third-order valence-electron chi connectivity index (χ3n) is 5.19. The molecule has 4 aromatic rings. The summed E-state index contributed by atoms with van der Waals surface area (Å²) in [5.41, 5.74) is 2.45. The number of fused-ring (bicyclic) bond motifs is 3. The fourth-order valence-electron chi connectivity index (χ4n) is 3.71. The molecule has 0 spiro atoms. The lowest BCUT2D eigenvalue weighted by atomic mass is 9.97. The Morgan fingerprint density at radius 1 is 1.07 bits per heavy atom. The Balaban J connectivity index is 1.66. The maximum atomic E-state index is 13.5. The van der Waals surface area contributed by atoms with Gasteiger partial charge in [-0.3, -0.25) is 4.79 Å². The summed E-state index contributed by atoms with van der Waals surface area (Å²) in [6, 6.07) is 15.5. The molecule has 1 N–H and O–H groups in total. The van der Waals surface area contributed by atoms with Crippen molar-refractivity contribution in [3.05, 3.63) is 86.8 Å². The molecule has 5 nitrogen and oxygen atoms in total. The molecule has 0 radical (unpaired) electrons. The summed E-state index contributed by atoms with van der Waals surface area (Å²) in [6.07, 6.45) is 5.67. The third-order valence-corrected chi connectivity index (χ3v) is 6.37. The lowest BCUT2D eigenvalue weighted by molar-refractivity contribution is 0.628. The van der Waals surface area contributed by atoms with E-state index in [1.165, 1.54) is 21.7 Å². The lowest BCUT2D eigenvalue weighted by Gasteiger charge is -2.12. The SMILES string of the molecule is O=c1c2c3c(sc2nc(Nc2ccccc2)n1/N=C/c1ccc(F)cc1)CCCC3. The summed E-state index contributed by atoms with van der Waals surface area (Å²) in [5, 5.41) is 8.30. The molecule has 0 saturated heterocycles. The maximum absolute atomic E-state index is 13.5. The van der Waals surface area contributed by atoms with Crippen molar-refractivity contribution in [2.24, 2.45) is 5.10 Å². The van der Waals surface area contributed by atoms with Crippen molar-refractivity contribution in [2.75, 3.05) is 5.32 Å². The van der Waals surface area contributed by atoms with E-state index in [2.05, 4.69) is 10.4 Å². The topological polar surface area (TPSA) is 59.3 Å². The number of hydrogen-bond acceptors (Lipinski definition) is 5. The van der Waals surface area contributed by atoms with Gasteiger partial charge in [0.1, 0.15) is 10.6 Å². The molecule has 2 aromatic carbocycles. The van der Waals surface area contributed by atoms with Gasteiger partial charge in [0.05, 0.1) is 11.6 Å². The number of anilines is 2. The summed E-state index contributed by atoms with van der Waals surface area (Å²) >= 11 is 1.61. The average Bonchev–Trinajstić information content (AvgIpc) is 3.14. The van der Waals surface area contributed by atoms with Crippen LogP contribution in [0.5, 0.6) is 0 Å². The predicted octanol–water partition coefficient (Wildman–Crippen LogP) is 5.10. The largest absolute Gasteiger partial charge is 0.324 e. The zero-order valence-electron chi connectivity index (χ0n) is 16.1. The normalized spacial score (nSPS) is 13.6. The zero-order valence-corrected chi connectivity index (χ0v) is 17.0. The van der Waals surface area contributed by atoms with Gasteiger partial charge in [0.25, 0.3) is 5.56 Å². The van der Waals surface area contributed by atoms with Crippen molar-refractivity contribution >= 4 is 39.4 Å². The first-order valence-corrected chi connectivity index (χ1v) is 10.7. The molecule has 0 bridgehead atoms. The molecule has 0 aliphatic heterocycles. The number of halogens is 1. The van der Waals surface area contributed by atoms with E-state index in [4.69, 9.17) is 4.98 Å². The molecule has 0 unspecified atom stereocenters. The summed E-state index contributed by atoms with van der Waals surface area (Å²) in [4.78, 5) is 20.2. The molecular formula is C23H19FN4OS. The maximum Gasteiger partial charge on any atom is 0.284 e. The summed E-state index contributed by atoms with van der Waals surface area (Å²) < 4.78 is 14.5. The number of rotatable bonds is 4. The number of hydrogen-bond donors (Lipinski definition) is 1. The minimum Gasteiger partial charge on any atom is -0.324 e. The summed E-state index contributed by atoms with van der Waals surface area (Å²) in [5.74, 6) is 0.0411. The van der Waals surface area contributed by atoms with Gasteiger partial charge in [-0.05, 0) is 61.1 Å². The van der Waals surface area contributed by atoms with Gasteiger partial charge in [-0.25, -0.2) is 9.37 Å². The molecule has 2 aromatic heterocycles. The molecule has 0 fully saturated rings. The van der Waals surface area contributed by atoms with Gasteiger partial charge < -0.3 is 5.32 Å². The molecule has 0 atom stereocenters. The monoisotopic (exact) mass is 418 g/mol. The number of para-hydroxylation sites is 1. The molecule has 0 saturated carbocycles. The van der Waals surface area contributed by atoms with Crippen LogP contribution in [-0.4, -0.2) is 15.9 Å². The second-order valence-electron chi connectivity index (χ2n) is 7.23. The highest BCUT2D eigenvalue weighted by atomic mass is 32.1. The van der Waals surface area contributed by atoms with Crippen LogP contribution in [0.1, 0.15) is 28.8 Å². The lowest BCUT2D eigenvalue weighted by Crippen LogP contribution is -2.21. The van der Waals surface area contributed by atoms with Crippen LogP contribution < -0.4 is 10.9 Å². The third kappa shape index (κ3) is 3.52. The number of aryl methyl sites for hydroxylation is 2. The van der Waals surface area contributed by atoms with Gasteiger partial charge >= 0.3 is 0 Å². The van der Waals surface area contributed by atoms with E-state index >= 15 is 0 Å². The first-order chi connectivity index (χ1) is 14.7. The quantitative estimate of drug-likeness (QED) is 0.469. The summed E-state index contributed by atoms with van der Waals surface area (Å²) in [7, 11) is 0. The fourth-order valence-corrected chi connectivity index (χ4v) is 4.96. The first kappa shape index (κ1) is 18.7. The van der Waals surface area contributed by atoms with Crippen LogP contribution in [0, 0.1) is 5.82 Å². The van der Waals surface area contributed by atoms with Crippen molar-refractivity contribution in [3.63, 3.8) is 0 Å². The second-order valence-corrected chi connectivity index (χ2v) is 8.31. The Hall–Kier alpha value is -3.32. The van der Waals surface area contributed by atoms with Gasteiger partial charge in [-0.2, -0.15) is 9.78 Å². The highest BCUT2D eigenvalue weighted by Gasteiger charge is 2.22. The van der Waals surface area contributed by atoms with E-state index in [1.807, 2.05) is 30.3 Å². The molecule has 2 heterocycles. The van der Waals surface area contributed by atoms with E-state index in [1.54, 1.807) is 29.7 Å². The fraction of sp³-hybridized carbons (Fsp3) is 0.174. The Labute approximate surface area is 176 Å². The summed E-state index contributed by atoms with van der Waals surface area (Å²) in [6.45, 7) is 0. The Morgan fingerprint density at radius 3 is 2.63 bits per heavy atom. The molecular weight excluding hydrogens is 399 g/mol. The number of aromatic nitrogens is 2. The molecule has 1 aliphatic rings. The van der Waals surface area contributed by atoms with Crippen molar-refractivity contribution < 1.29 is 4.39 Å². The molecule has 5 rings (SSSR count). The van der Waals surface area contributed by atoms with E-state index in [0.717, 1.165) is 41.8 Å². The Morgan fingerprint density at radius 2 is 1.83 bits per heavy atom. The van der Waals surface area contributed by atoms with Crippen molar-refractivity contribution in [1.82, 2.24) is 9.66 Å². The van der Waals surface area contributed by atoms with Crippen LogP contribution >= 0.6 is 11.3 Å². The first-order valence-electron chi connectivity index (χ1n) is 9.88.